The smallest absolute Gasteiger partial charge is 0.0622 e. The van der Waals surface area contributed by atoms with Crippen LogP contribution in [-0.4, -0.2) is 22.4 Å². The second-order valence-corrected chi connectivity index (χ2v) is 9.68. The SMILES string of the molecule is CC12CCC3C4CC[C@](C)(O)CC4CCC3C1CCC2CO. The maximum Gasteiger partial charge on any atom is 0.0622 e. The Morgan fingerprint density at radius 1 is 0.864 bits per heavy atom. The third kappa shape index (κ3) is 2.20. The Bertz CT molecular complexity index is 431. The van der Waals surface area contributed by atoms with E-state index in [0.717, 1.165) is 42.4 Å². The molecule has 2 heteroatoms. The van der Waals surface area contributed by atoms with Crippen LogP contribution in [0.15, 0.2) is 0 Å². The molecule has 2 N–H and O–H groups in total. The van der Waals surface area contributed by atoms with Crippen molar-refractivity contribution in [3.63, 3.8) is 0 Å². The summed E-state index contributed by atoms with van der Waals surface area (Å²) in [6, 6.07) is 0. The van der Waals surface area contributed by atoms with Gasteiger partial charge in [0.2, 0.25) is 0 Å². The molecule has 4 aliphatic rings. The van der Waals surface area contributed by atoms with Gasteiger partial charge in [-0.1, -0.05) is 6.92 Å². The average Bonchev–Trinajstić information content (AvgIpc) is 2.82. The summed E-state index contributed by atoms with van der Waals surface area (Å²) in [5.41, 5.74) is 0.0233. The number of hydrogen-bond donors (Lipinski definition) is 2. The van der Waals surface area contributed by atoms with Gasteiger partial charge in [0.15, 0.2) is 0 Å². The quantitative estimate of drug-likeness (QED) is 0.769. The van der Waals surface area contributed by atoms with Crippen molar-refractivity contribution in [2.45, 2.75) is 77.2 Å². The highest BCUT2D eigenvalue weighted by Gasteiger charge is 2.57. The molecule has 0 heterocycles. The van der Waals surface area contributed by atoms with Gasteiger partial charge in [0.05, 0.1) is 5.60 Å². The van der Waals surface area contributed by atoms with Crippen molar-refractivity contribution in [3.05, 3.63) is 0 Å². The zero-order valence-corrected chi connectivity index (χ0v) is 14.4. The van der Waals surface area contributed by atoms with Crippen molar-refractivity contribution in [1.82, 2.24) is 0 Å². The van der Waals surface area contributed by atoms with Gasteiger partial charge in [-0.05, 0) is 106 Å². The second-order valence-electron chi connectivity index (χ2n) is 9.68. The fourth-order valence-corrected chi connectivity index (χ4v) is 7.49. The van der Waals surface area contributed by atoms with Crippen LogP contribution in [0.2, 0.25) is 0 Å². The lowest BCUT2D eigenvalue weighted by Crippen LogP contribution is -2.50. The largest absolute Gasteiger partial charge is 0.396 e. The summed E-state index contributed by atoms with van der Waals surface area (Å²) in [5, 5.41) is 20.2. The van der Waals surface area contributed by atoms with Crippen LogP contribution in [0.5, 0.6) is 0 Å². The van der Waals surface area contributed by atoms with Gasteiger partial charge in [-0.15, -0.1) is 0 Å². The molecule has 4 fully saturated rings. The number of aliphatic hydroxyl groups excluding tert-OH is 1. The summed E-state index contributed by atoms with van der Waals surface area (Å²) in [5.74, 6) is 4.93. The summed E-state index contributed by atoms with van der Waals surface area (Å²) >= 11 is 0. The molecule has 4 rings (SSSR count). The van der Waals surface area contributed by atoms with Gasteiger partial charge in [-0.2, -0.15) is 0 Å². The van der Waals surface area contributed by atoms with E-state index in [2.05, 4.69) is 13.8 Å². The van der Waals surface area contributed by atoms with Crippen molar-refractivity contribution in [3.8, 4) is 0 Å². The first kappa shape index (κ1) is 15.4. The van der Waals surface area contributed by atoms with Crippen LogP contribution in [0.25, 0.3) is 0 Å². The first-order valence-corrected chi connectivity index (χ1v) is 9.78. The van der Waals surface area contributed by atoms with Crippen LogP contribution in [-0.2, 0) is 0 Å². The third-order valence-corrected chi connectivity index (χ3v) is 8.65. The lowest BCUT2D eigenvalue weighted by atomic mass is 9.49. The van der Waals surface area contributed by atoms with E-state index in [1.807, 2.05) is 0 Å². The Labute approximate surface area is 135 Å². The lowest BCUT2D eigenvalue weighted by molar-refractivity contribution is -0.102. The zero-order valence-electron chi connectivity index (χ0n) is 14.4. The van der Waals surface area contributed by atoms with Crippen LogP contribution < -0.4 is 0 Å². The van der Waals surface area contributed by atoms with E-state index < -0.39 is 5.60 Å². The molecule has 8 atom stereocenters. The Kier molecular flexibility index (Phi) is 3.66. The van der Waals surface area contributed by atoms with Crippen LogP contribution in [0.1, 0.15) is 71.6 Å². The topological polar surface area (TPSA) is 40.5 Å². The van der Waals surface area contributed by atoms with E-state index in [9.17, 15) is 10.2 Å². The van der Waals surface area contributed by atoms with Crippen molar-refractivity contribution in [2.24, 2.45) is 40.9 Å². The first-order valence-electron chi connectivity index (χ1n) is 9.78. The van der Waals surface area contributed by atoms with Crippen molar-refractivity contribution >= 4 is 0 Å². The minimum absolute atomic E-state index is 0.396. The lowest BCUT2D eigenvalue weighted by Gasteiger charge is -2.57. The molecule has 126 valence electrons. The van der Waals surface area contributed by atoms with E-state index in [1.54, 1.807) is 0 Å². The molecule has 4 saturated carbocycles. The average molecular weight is 306 g/mol. The van der Waals surface area contributed by atoms with Gasteiger partial charge in [-0.3, -0.25) is 0 Å². The minimum atomic E-state index is -0.396. The fraction of sp³-hybridized carbons (Fsp3) is 1.00. The van der Waals surface area contributed by atoms with Gasteiger partial charge < -0.3 is 10.2 Å². The van der Waals surface area contributed by atoms with E-state index in [4.69, 9.17) is 0 Å². The maximum absolute atomic E-state index is 10.4. The van der Waals surface area contributed by atoms with Gasteiger partial charge >= 0.3 is 0 Å². The second kappa shape index (κ2) is 5.21. The molecular formula is C20H34O2. The Balaban J connectivity index is 1.54. The standard InChI is InChI=1S/C20H34O2/c1-19(22)9-7-15-13(11-19)3-5-17-16(15)8-10-20(2)14(12-21)4-6-18(17)20/h13-18,21-22H,3-12H2,1-2H3/t13?,14?,15?,16?,17?,18?,19-,20?/m0/s1. The molecule has 0 aromatic rings. The summed E-state index contributed by atoms with van der Waals surface area (Å²) in [6.45, 7) is 4.94. The molecule has 0 aromatic heterocycles. The van der Waals surface area contributed by atoms with Crippen molar-refractivity contribution in [2.75, 3.05) is 6.61 Å². The maximum atomic E-state index is 10.4. The van der Waals surface area contributed by atoms with Gasteiger partial charge in [0.1, 0.15) is 0 Å². The normalized spacial score (nSPS) is 57.8. The highest BCUT2D eigenvalue weighted by molar-refractivity contribution is 5.06. The molecule has 0 radical (unpaired) electrons. The molecule has 0 amide bonds. The molecule has 0 spiro atoms. The number of rotatable bonds is 1. The van der Waals surface area contributed by atoms with Crippen LogP contribution >= 0.6 is 0 Å². The fourth-order valence-electron chi connectivity index (χ4n) is 7.49. The van der Waals surface area contributed by atoms with E-state index in [1.165, 1.54) is 44.9 Å². The number of aliphatic hydroxyl groups is 2. The number of hydrogen-bond acceptors (Lipinski definition) is 2. The molecule has 22 heavy (non-hydrogen) atoms. The van der Waals surface area contributed by atoms with E-state index >= 15 is 0 Å². The minimum Gasteiger partial charge on any atom is -0.396 e. The molecule has 2 nitrogen and oxygen atoms in total. The predicted octanol–water partition coefficient (Wildman–Crippen LogP) is 4.00. The third-order valence-electron chi connectivity index (χ3n) is 8.65. The predicted molar refractivity (Wildman–Crippen MR) is 88.3 cm³/mol. The number of fused-ring (bicyclic) bond motifs is 5. The molecule has 0 aromatic carbocycles. The molecule has 4 aliphatic carbocycles. The summed E-state index contributed by atoms with van der Waals surface area (Å²) in [4.78, 5) is 0. The summed E-state index contributed by atoms with van der Waals surface area (Å²) in [7, 11) is 0. The van der Waals surface area contributed by atoms with Crippen molar-refractivity contribution < 1.29 is 10.2 Å². The Hall–Kier alpha value is -0.0800. The van der Waals surface area contributed by atoms with Gasteiger partial charge in [-0.25, -0.2) is 0 Å². The van der Waals surface area contributed by atoms with Gasteiger partial charge in [0.25, 0.3) is 0 Å². The molecule has 0 aliphatic heterocycles. The Morgan fingerprint density at radius 3 is 2.41 bits per heavy atom. The van der Waals surface area contributed by atoms with E-state index in [0.29, 0.717) is 17.9 Å². The molecular weight excluding hydrogens is 272 g/mol. The van der Waals surface area contributed by atoms with E-state index in [-0.39, 0.29) is 0 Å². The highest BCUT2D eigenvalue weighted by atomic mass is 16.3. The zero-order chi connectivity index (χ0) is 15.5. The summed E-state index contributed by atoms with van der Waals surface area (Å²) in [6.07, 6.45) is 11.4. The van der Waals surface area contributed by atoms with Crippen LogP contribution in [0.3, 0.4) is 0 Å². The molecule has 0 bridgehead atoms. The summed E-state index contributed by atoms with van der Waals surface area (Å²) < 4.78 is 0. The highest BCUT2D eigenvalue weighted by Crippen LogP contribution is 2.64. The first-order chi connectivity index (χ1) is 10.4. The molecule has 0 saturated heterocycles. The van der Waals surface area contributed by atoms with Gasteiger partial charge in [0, 0.05) is 6.61 Å². The van der Waals surface area contributed by atoms with Crippen LogP contribution in [0.4, 0.5) is 0 Å². The molecule has 7 unspecified atom stereocenters. The Morgan fingerprint density at radius 2 is 1.64 bits per heavy atom. The monoisotopic (exact) mass is 306 g/mol. The van der Waals surface area contributed by atoms with Crippen LogP contribution in [0, 0.1) is 40.9 Å². The van der Waals surface area contributed by atoms with Crippen molar-refractivity contribution in [1.29, 1.82) is 0 Å².